The zero-order valence-corrected chi connectivity index (χ0v) is 8.68. The number of hydrogen-bond donors (Lipinski definition) is 1. The molecule has 0 atom stereocenters. The lowest BCUT2D eigenvalue weighted by Crippen LogP contribution is -1.88. The highest BCUT2D eigenvalue weighted by molar-refractivity contribution is 7.80. The van der Waals surface area contributed by atoms with Gasteiger partial charge in [-0.05, 0) is 6.07 Å². The molecule has 0 aliphatic heterocycles. The first-order valence-electron chi connectivity index (χ1n) is 3.69. The Morgan fingerprint density at radius 1 is 1.57 bits per heavy atom. The maximum Gasteiger partial charge on any atom is 0.270 e. The van der Waals surface area contributed by atoms with Crippen molar-refractivity contribution in [3.63, 3.8) is 0 Å². The van der Waals surface area contributed by atoms with Crippen molar-refractivity contribution in [3.8, 4) is 11.8 Å². The minimum absolute atomic E-state index is 0.0159. The van der Waals surface area contributed by atoms with Crippen LogP contribution < -0.4 is 0 Å². The maximum absolute atomic E-state index is 10.4. The lowest BCUT2D eigenvalue weighted by molar-refractivity contribution is -0.384. The summed E-state index contributed by atoms with van der Waals surface area (Å²) in [4.78, 5) is 9.95. The summed E-state index contributed by atoms with van der Waals surface area (Å²) in [5, 5.41) is 10.8. The van der Waals surface area contributed by atoms with Gasteiger partial charge in [-0.1, -0.05) is 23.4 Å². The molecule has 0 spiro atoms. The van der Waals surface area contributed by atoms with Gasteiger partial charge in [0.15, 0.2) is 0 Å². The van der Waals surface area contributed by atoms with Crippen LogP contribution in [0.4, 0.5) is 5.69 Å². The number of hydrogen-bond acceptors (Lipinski definition) is 3. The highest BCUT2D eigenvalue weighted by Crippen LogP contribution is 2.20. The summed E-state index contributed by atoms with van der Waals surface area (Å²) in [7, 11) is 0. The van der Waals surface area contributed by atoms with Gasteiger partial charge in [0.25, 0.3) is 5.69 Å². The van der Waals surface area contributed by atoms with Crippen molar-refractivity contribution in [1.82, 2.24) is 0 Å². The van der Waals surface area contributed by atoms with E-state index < -0.39 is 4.92 Å². The van der Waals surface area contributed by atoms with E-state index in [1.165, 1.54) is 18.2 Å². The molecule has 0 saturated carbocycles. The van der Waals surface area contributed by atoms with Gasteiger partial charge in [-0.25, -0.2) is 0 Å². The summed E-state index contributed by atoms with van der Waals surface area (Å²) in [6.45, 7) is 0. The summed E-state index contributed by atoms with van der Waals surface area (Å²) in [5.74, 6) is 5.76. The predicted molar refractivity (Wildman–Crippen MR) is 58.8 cm³/mol. The Morgan fingerprint density at radius 2 is 2.29 bits per heavy atom. The molecule has 0 N–H and O–H groups in total. The summed E-state index contributed by atoms with van der Waals surface area (Å²) >= 11 is 9.69. The standard InChI is InChI=1S/C9H6ClNO2S/c10-9-4-3-8(11(12)13)6-7(9)2-1-5-14/h3-4,6,14H,5H2. The molecule has 5 heteroatoms. The Bertz CT molecular complexity index is 423. The van der Waals surface area contributed by atoms with E-state index >= 15 is 0 Å². The largest absolute Gasteiger partial charge is 0.270 e. The SMILES string of the molecule is O=[N+]([O-])c1ccc(Cl)c(C#CCS)c1. The fourth-order valence-electron chi connectivity index (χ4n) is 0.857. The van der Waals surface area contributed by atoms with Gasteiger partial charge in [0.1, 0.15) is 0 Å². The first-order valence-corrected chi connectivity index (χ1v) is 4.70. The molecule has 0 aliphatic carbocycles. The van der Waals surface area contributed by atoms with E-state index in [4.69, 9.17) is 11.6 Å². The van der Waals surface area contributed by atoms with Crippen LogP contribution in [-0.2, 0) is 0 Å². The van der Waals surface area contributed by atoms with Crippen LogP contribution in [0.5, 0.6) is 0 Å². The van der Waals surface area contributed by atoms with Gasteiger partial charge in [0.2, 0.25) is 0 Å². The van der Waals surface area contributed by atoms with Crippen LogP contribution in [0.25, 0.3) is 0 Å². The van der Waals surface area contributed by atoms with Gasteiger partial charge in [0, 0.05) is 17.7 Å². The molecule has 0 fully saturated rings. The molecule has 0 radical (unpaired) electrons. The van der Waals surface area contributed by atoms with Crippen molar-refractivity contribution >= 4 is 29.9 Å². The summed E-state index contributed by atoms with van der Waals surface area (Å²) in [6, 6.07) is 4.15. The monoisotopic (exact) mass is 227 g/mol. The number of thiol groups is 1. The van der Waals surface area contributed by atoms with E-state index in [0.717, 1.165) is 0 Å². The minimum atomic E-state index is -0.484. The molecular weight excluding hydrogens is 222 g/mol. The van der Waals surface area contributed by atoms with Gasteiger partial charge in [-0.2, -0.15) is 12.6 Å². The number of rotatable bonds is 1. The van der Waals surface area contributed by atoms with E-state index in [-0.39, 0.29) is 5.69 Å². The van der Waals surface area contributed by atoms with Gasteiger partial charge < -0.3 is 0 Å². The van der Waals surface area contributed by atoms with Gasteiger partial charge in [-0.3, -0.25) is 10.1 Å². The van der Waals surface area contributed by atoms with Crippen LogP contribution in [0.15, 0.2) is 18.2 Å². The molecule has 0 aliphatic rings. The second-order valence-corrected chi connectivity index (χ2v) is 3.10. The molecule has 0 aromatic heterocycles. The number of nitro benzene ring substituents is 1. The molecule has 14 heavy (non-hydrogen) atoms. The molecule has 1 aromatic carbocycles. The summed E-state index contributed by atoms with van der Waals surface area (Å²) < 4.78 is 0. The molecule has 0 amide bonds. The lowest BCUT2D eigenvalue weighted by atomic mass is 10.2. The van der Waals surface area contributed by atoms with Crippen molar-refractivity contribution in [2.24, 2.45) is 0 Å². The summed E-state index contributed by atoms with van der Waals surface area (Å²) in [6.07, 6.45) is 0. The predicted octanol–water partition coefficient (Wildman–Crippen LogP) is 2.53. The second kappa shape index (κ2) is 4.89. The maximum atomic E-state index is 10.4. The quantitative estimate of drug-likeness (QED) is 0.347. The minimum Gasteiger partial charge on any atom is -0.258 e. The Hall–Kier alpha value is -1.18. The fourth-order valence-corrected chi connectivity index (χ4v) is 1.10. The Balaban J connectivity index is 3.14. The molecule has 1 aromatic rings. The van der Waals surface area contributed by atoms with E-state index in [0.29, 0.717) is 16.3 Å². The van der Waals surface area contributed by atoms with E-state index in [1.807, 2.05) is 0 Å². The molecule has 3 nitrogen and oxygen atoms in total. The van der Waals surface area contributed by atoms with Gasteiger partial charge in [0.05, 0.1) is 15.7 Å². The van der Waals surface area contributed by atoms with Crippen LogP contribution in [0.3, 0.4) is 0 Å². The smallest absolute Gasteiger partial charge is 0.258 e. The molecular formula is C9H6ClNO2S. The van der Waals surface area contributed by atoms with Crippen LogP contribution in [0.1, 0.15) is 5.56 Å². The highest BCUT2D eigenvalue weighted by Gasteiger charge is 2.07. The van der Waals surface area contributed by atoms with Crippen LogP contribution in [-0.4, -0.2) is 10.7 Å². The average molecular weight is 228 g/mol. The molecule has 0 saturated heterocycles. The highest BCUT2D eigenvalue weighted by atomic mass is 35.5. The topological polar surface area (TPSA) is 43.1 Å². The zero-order chi connectivity index (χ0) is 10.6. The van der Waals surface area contributed by atoms with Crippen molar-refractivity contribution in [1.29, 1.82) is 0 Å². The van der Waals surface area contributed by atoms with Crippen molar-refractivity contribution in [2.45, 2.75) is 0 Å². The summed E-state index contributed by atoms with van der Waals surface area (Å²) in [5.41, 5.74) is 0.438. The number of benzene rings is 1. The average Bonchev–Trinajstić information content (AvgIpc) is 2.16. The molecule has 0 bridgehead atoms. The number of nitro groups is 1. The molecule has 1 rings (SSSR count). The Labute approximate surface area is 91.6 Å². The third-order valence-electron chi connectivity index (χ3n) is 1.46. The van der Waals surface area contributed by atoms with Gasteiger partial charge in [-0.15, -0.1) is 0 Å². The molecule has 0 unspecified atom stereocenters. The number of nitrogens with zero attached hydrogens (tertiary/aromatic N) is 1. The van der Waals surface area contributed by atoms with Crippen molar-refractivity contribution < 1.29 is 4.92 Å². The fraction of sp³-hybridized carbons (Fsp3) is 0.111. The zero-order valence-electron chi connectivity index (χ0n) is 7.03. The van der Waals surface area contributed by atoms with Crippen molar-refractivity contribution in [3.05, 3.63) is 38.9 Å². The van der Waals surface area contributed by atoms with E-state index in [9.17, 15) is 10.1 Å². The Morgan fingerprint density at radius 3 is 2.86 bits per heavy atom. The molecule has 72 valence electrons. The third kappa shape index (κ3) is 2.66. The third-order valence-corrected chi connectivity index (χ3v) is 1.95. The van der Waals surface area contributed by atoms with E-state index in [1.54, 1.807) is 0 Å². The normalized spacial score (nSPS) is 9.00. The second-order valence-electron chi connectivity index (χ2n) is 2.38. The first kappa shape index (κ1) is 10.9. The number of non-ortho nitro benzene ring substituents is 1. The van der Waals surface area contributed by atoms with Crippen LogP contribution in [0, 0.1) is 22.0 Å². The number of halogens is 1. The Kier molecular flexibility index (Phi) is 3.81. The first-order chi connectivity index (χ1) is 6.65. The lowest BCUT2D eigenvalue weighted by Gasteiger charge is -1.95. The van der Waals surface area contributed by atoms with Crippen molar-refractivity contribution in [2.75, 3.05) is 5.75 Å². The van der Waals surface area contributed by atoms with Crippen LogP contribution >= 0.6 is 24.2 Å². The van der Waals surface area contributed by atoms with E-state index in [2.05, 4.69) is 24.5 Å². The molecule has 0 heterocycles. The van der Waals surface area contributed by atoms with Crippen LogP contribution in [0.2, 0.25) is 5.02 Å². The van der Waals surface area contributed by atoms with Gasteiger partial charge >= 0.3 is 0 Å².